The lowest BCUT2D eigenvalue weighted by atomic mass is 10.3. The van der Waals surface area contributed by atoms with Gasteiger partial charge in [-0.3, -0.25) is 0 Å². The third-order valence-electron chi connectivity index (χ3n) is 2.79. The van der Waals surface area contributed by atoms with Crippen molar-refractivity contribution in [2.75, 3.05) is 18.1 Å². The van der Waals surface area contributed by atoms with Gasteiger partial charge in [-0.1, -0.05) is 12.1 Å². The van der Waals surface area contributed by atoms with Crippen LogP contribution in [-0.4, -0.2) is 39.5 Å². The molecule has 0 amide bonds. The maximum Gasteiger partial charge on any atom is 0.246 e. The highest BCUT2D eigenvalue weighted by atomic mass is 16.3. The summed E-state index contributed by atoms with van der Waals surface area (Å²) in [6, 6.07) is 7.96. The predicted octanol–water partition coefficient (Wildman–Crippen LogP) is 1.62. The Bertz CT molecular complexity index is 515. The van der Waals surface area contributed by atoms with E-state index >= 15 is 0 Å². The molecule has 1 aromatic carbocycles. The molecule has 0 spiro atoms. The number of rotatable bonds is 5. The minimum atomic E-state index is 0.171. The normalized spacial score (nSPS) is 11.1. The van der Waals surface area contributed by atoms with E-state index in [0.717, 1.165) is 17.6 Å². The minimum absolute atomic E-state index is 0.171. The summed E-state index contributed by atoms with van der Waals surface area (Å²) in [6.07, 6.45) is 0.703. The van der Waals surface area contributed by atoms with Crippen molar-refractivity contribution in [2.45, 2.75) is 26.3 Å². The molecule has 1 N–H and O–H groups in total. The van der Waals surface area contributed by atoms with Gasteiger partial charge in [0, 0.05) is 19.2 Å². The van der Waals surface area contributed by atoms with Crippen molar-refractivity contribution >= 4 is 17.0 Å². The van der Waals surface area contributed by atoms with Crippen molar-refractivity contribution in [2.24, 2.45) is 0 Å². The minimum Gasteiger partial charge on any atom is -0.396 e. The van der Waals surface area contributed by atoms with Gasteiger partial charge >= 0.3 is 0 Å². The largest absolute Gasteiger partial charge is 0.396 e. The van der Waals surface area contributed by atoms with Crippen LogP contribution in [0.4, 0.5) is 5.95 Å². The maximum atomic E-state index is 8.93. The van der Waals surface area contributed by atoms with Gasteiger partial charge in [0.25, 0.3) is 0 Å². The number of aromatic nitrogens is 3. The van der Waals surface area contributed by atoms with Gasteiger partial charge in [0.05, 0.1) is 5.52 Å². The van der Waals surface area contributed by atoms with Crippen molar-refractivity contribution in [3.05, 3.63) is 24.3 Å². The topological polar surface area (TPSA) is 62.1 Å². The maximum absolute atomic E-state index is 8.93. The van der Waals surface area contributed by atoms with Crippen LogP contribution < -0.4 is 4.90 Å². The molecule has 0 aliphatic rings. The summed E-state index contributed by atoms with van der Waals surface area (Å²) in [4.78, 5) is 6.57. The van der Waals surface area contributed by atoms with Crippen molar-refractivity contribution in [1.82, 2.24) is 15.2 Å². The molecule has 0 radical (unpaired) electrons. The van der Waals surface area contributed by atoms with E-state index < -0.39 is 0 Å². The first-order valence-electron chi connectivity index (χ1n) is 6.19. The molecule has 0 saturated carbocycles. The predicted molar refractivity (Wildman–Crippen MR) is 71.5 cm³/mol. The number of hydrogen-bond acceptors (Lipinski definition) is 5. The number of nitrogens with zero attached hydrogens (tertiary/aromatic N) is 4. The standard InChI is InChI=1S/C13H18N4O/c1-10(2)17(8-5-9-18)13-14-11-6-3-4-7-12(11)15-16-13/h3-4,6-7,10,18H,5,8-9H2,1-2H3. The Morgan fingerprint density at radius 3 is 2.56 bits per heavy atom. The number of fused-ring (bicyclic) bond motifs is 1. The van der Waals surface area contributed by atoms with Crippen LogP contribution in [0.1, 0.15) is 20.3 Å². The second-order valence-electron chi connectivity index (χ2n) is 4.46. The molecule has 0 aliphatic heterocycles. The fraction of sp³-hybridized carbons (Fsp3) is 0.462. The molecule has 18 heavy (non-hydrogen) atoms. The van der Waals surface area contributed by atoms with Gasteiger partial charge in [0.2, 0.25) is 5.95 Å². The number of anilines is 1. The lowest BCUT2D eigenvalue weighted by Crippen LogP contribution is -2.34. The molecule has 2 aromatic rings. The summed E-state index contributed by atoms with van der Waals surface area (Å²) in [5.41, 5.74) is 1.64. The molecule has 1 heterocycles. The fourth-order valence-corrected chi connectivity index (χ4v) is 1.82. The third kappa shape index (κ3) is 2.73. The molecule has 0 saturated heterocycles. The van der Waals surface area contributed by atoms with Crippen LogP contribution in [0, 0.1) is 0 Å². The molecule has 0 fully saturated rings. The molecule has 96 valence electrons. The molecule has 1 aromatic heterocycles. The van der Waals surface area contributed by atoms with Gasteiger partial charge in [-0.15, -0.1) is 10.2 Å². The van der Waals surface area contributed by atoms with Crippen LogP contribution >= 0.6 is 0 Å². The van der Waals surface area contributed by atoms with Gasteiger partial charge in [-0.25, -0.2) is 4.98 Å². The summed E-state index contributed by atoms with van der Waals surface area (Å²) < 4.78 is 0. The number of hydrogen-bond donors (Lipinski definition) is 1. The number of benzene rings is 1. The van der Waals surface area contributed by atoms with Gasteiger partial charge in [-0.05, 0) is 32.4 Å². The van der Waals surface area contributed by atoms with E-state index in [0.29, 0.717) is 12.4 Å². The smallest absolute Gasteiger partial charge is 0.246 e. The van der Waals surface area contributed by atoms with Crippen LogP contribution in [0.2, 0.25) is 0 Å². The molecule has 0 aliphatic carbocycles. The van der Waals surface area contributed by atoms with Gasteiger partial charge in [0.15, 0.2) is 0 Å². The summed E-state index contributed by atoms with van der Waals surface area (Å²) in [6.45, 7) is 5.06. The van der Waals surface area contributed by atoms with E-state index in [-0.39, 0.29) is 12.6 Å². The number of para-hydroxylation sites is 1. The fourth-order valence-electron chi connectivity index (χ4n) is 1.82. The zero-order valence-corrected chi connectivity index (χ0v) is 10.7. The summed E-state index contributed by atoms with van der Waals surface area (Å²) in [7, 11) is 0. The molecule has 5 nitrogen and oxygen atoms in total. The quantitative estimate of drug-likeness (QED) is 0.868. The Hall–Kier alpha value is -1.75. The van der Waals surface area contributed by atoms with Crippen LogP contribution in [0.25, 0.3) is 11.0 Å². The van der Waals surface area contributed by atoms with Crippen molar-refractivity contribution in [3.63, 3.8) is 0 Å². The van der Waals surface area contributed by atoms with Crippen molar-refractivity contribution in [3.8, 4) is 0 Å². The Labute approximate surface area is 106 Å². The first-order chi connectivity index (χ1) is 8.72. The lowest BCUT2D eigenvalue weighted by molar-refractivity contribution is 0.288. The van der Waals surface area contributed by atoms with Gasteiger partial charge < -0.3 is 10.0 Å². The molecule has 0 bridgehead atoms. The summed E-state index contributed by atoms with van der Waals surface area (Å²) >= 11 is 0. The van der Waals surface area contributed by atoms with E-state index in [1.165, 1.54) is 0 Å². The molecule has 0 atom stereocenters. The molecule has 5 heteroatoms. The highest BCUT2D eigenvalue weighted by Gasteiger charge is 2.14. The zero-order chi connectivity index (χ0) is 13.0. The van der Waals surface area contributed by atoms with E-state index in [1.54, 1.807) is 0 Å². The van der Waals surface area contributed by atoms with Crippen LogP contribution in [0.5, 0.6) is 0 Å². The molecular weight excluding hydrogens is 228 g/mol. The zero-order valence-electron chi connectivity index (χ0n) is 10.7. The first kappa shape index (κ1) is 12.7. The second kappa shape index (κ2) is 5.73. The Kier molecular flexibility index (Phi) is 4.04. The van der Waals surface area contributed by atoms with Crippen molar-refractivity contribution < 1.29 is 5.11 Å². The van der Waals surface area contributed by atoms with Gasteiger partial charge in [0.1, 0.15) is 5.52 Å². The summed E-state index contributed by atoms with van der Waals surface area (Å²) in [5, 5.41) is 17.3. The van der Waals surface area contributed by atoms with Crippen molar-refractivity contribution in [1.29, 1.82) is 0 Å². The van der Waals surface area contributed by atoms with E-state index in [2.05, 4.69) is 33.9 Å². The monoisotopic (exact) mass is 246 g/mol. The van der Waals surface area contributed by atoms with Crippen LogP contribution in [-0.2, 0) is 0 Å². The SMILES string of the molecule is CC(C)N(CCCO)c1nnc2ccccc2n1. The first-order valence-corrected chi connectivity index (χ1v) is 6.19. The lowest BCUT2D eigenvalue weighted by Gasteiger charge is -2.25. The highest BCUT2D eigenvalue weighted by Crippen LogP contribution is 2.14. The molecular formula is C13H18N4O. The number of aliphatic hydroxyl groups is 1. The Balaban J connectivity index is 2.32. The van der Waals surface area contributed by atoms with Gasteiger partial charge in [-0.2, -0.15) is 0 Å². The number of aliphatic hydroxyl groups excluding tert-OH is 1. The molecule has 0 unspecified atom stereocenters. The third-order valence-corrected chi connectivity index (χ3v) is 2.79. The molecule has 2 rings (SSSR count). The Morgan fingerprint density at radius 2 is 1.89 bits per heavy atom. The average molecular weight is 246 g/mol. The highest BCUT2D eigenvalue weighted by molar-refractivity contribution is 5.74. The van der Waals surface area contributed by atoms with Crippen LogP contribution in [0.15, 0.2) is 24.3 Å². The van der Waals surface area contributed by atoms with Crippen LogP contribution in [0.3, 0.4) is 0 Å². The van der Waals surface area contributed by atoms with E-state index in [4.69, 9.17) is 5.11 Å². The second-order valence-corrected chi connectivity index (χ2v) is 4.46. The Morgan fingerprint density at radius 1 is 1.17 bits per heavy atom. The summed E-state index contributed by atoms with van der Waals surface area (Å²) in [5.74, 6) is 0.622. The van der Waals surface area contributed by atoms with E-state index in [9.17, 15) is 0 Å². The average Bonchev–Trinajstić information content (AvgIpc) is 2.38. The van der Waals surface area contributed by atoms with E-state index in [1.807, 2.05) is 24.3 Å².